The van der Waals surface area contributed by atoms with E-state index < -0.39 is 6.10 Å². The van der Waals surface area contributed by atoms with Crippen molar-refractivity contribution < 1.29 is 24.2 Å². The molecule has 3 rings (SSSR count). The zero-order chi connectivity index (χ0) is 16.1. The van der Waals surface area contributed by atoms with Gasteiger partial charge in [-0.3, -0.25) is 0 Å². The van der Waals surface area contributed by atoms with E-state index in [0.717, 1.165) is 37.1 Å². The molecule has 4 atom stereocenters. The van der Waals surface area contributed by atoms with Crippen LogP contribution in [0.15, 0.2) is 24.3 Å². The summed E-state index contributed by atoms with van der Waals surface area (Å²) in [5.41, 5.74) is 0. The van der Waals surface area contributed by atoms with Gasteiger partial charge in [-0.25, -0.2) is 0 Å². The average Bonchev–Trinajstić information content (AvgIpc) is 2.55. The Kier molecular flexibility index (Phi) is 5.75. The SMILES string of the molecule is C[C@H]1CCC[NH+](C[C@H](O)COC[C@@H]2COc3ccccc3O2)C1. The molecule has 2 aliphatic rings. The summed E-state index contributed by atoms with van der Waals surface area (Å²) < 4.78 is 17.1. The van der Waals surface area contributed by atoms with Crippen LogP contribution < -0.4 is 14.4 Å². The minimum atomic E-state index is -0.410. The summed E-state index contributed by atoms with van der Waals surface area (Å²) in [6, 6.07) is 7.66. The van der Waals surface area contributed by atoms with Crippen molar-refractivity contribution in [3.8, 4) is 11.5 Å². The maximum atomic E-state index is 10.2. The van der Waals surface area contributed by atoms with E-state index in [1.54, 1.807) is 0 Å². The van der Waals surface area contributed by atoms with Crippen LogP contribution in [0.25, 0.3) is 0 Å². The van der Waals surface area contributed by atoms with Gasteiger partial charge >= 0.3 is 0 Å². The van der Waals surface area contributed by atoms with Crippen LogP contribution in [0.4, 0.5) is 0 Å². The number of likely N-dealkylation sites (tertiary alicyclic amines) is 1. The second-order valence-corrected chi connectivity index (χ2v) is 6.84. The zero-order valence-electron chi connectivity index (χ0n) is 13.9. The van der Waals surface area contributed by atoms with Crippen LogP contribution in [-0.2, 0) is 4.74 Å². The van der Waals surface area contributed by atoms with Gasteiger partial charge in [-0.05, 0) is 25.0 Å². The van der Waals surface area contributed by atoms with E-state index in [1.807, 2.05) is 24.3 Å². The normalized spacial score (nSPS) is 28.3. The fraction of sp³-hybridized carbons (Fsp3) is 0.667. The Morgan fingerprint density at radius 1 is 1.35 bits per heavy atom. The summed E-state index contributed by atoms with van der Waals surface area (Å²) in [4.78, 5) is 1.49. The molecule has 1 aromatic rings. The molecular weight excluding hydrogens is 294 g/mol. The quantitative estimate of drug-likeness (QED) is 0.802. The first kappa shape index (κ1) is 16.6. The Hall–Kier alpha value is -1.30. The third kappa shape index (κ3) is 4.83. The Balaban J connectivity index is 1.35. The number of hydrogen-bond acceptors (Lipinski definition) is 4. The number of piperidine rings is 1. The van der Waals surface area contributed by atoms with Crippen molar-refractivity contribution in [3.05, 3.63) is 24.3 Å². The van der Waals surface area contributed by atoms with Gasteiger partial charge in [-0.15, -0.1) is 0 Å². The first-order valence-corrected chi connectivity index (χ1v) is 8.68. The highest BCUT2D eigenvalue weighted by molar-refractivity contribution is 5.40. The Bertz CT molecular complexity index is 496. The Morgan fingerprint density at radius 2 is 2.17 bits per heavy atom. The van der Waals surface area contributed by atoms with Crippen LogP contribution in [0, 0.1) is 5.92 Å². The van der Waals surface area contributed by atoms with Crippen molar-refractivity contribution in [2.75, 3.05) is 39.5 Å². The van der Waals surface area contributed by atoms with Gasteiger partial charge in [0.05, 0.1) is 26.3 Å². The molecule has 0 saturated carbocycles. The summed E-state index contributed by atoms with van der Waals surface area (Å²) in [6.45, 7) is 6.68. The van der Waals surface area contributed by atoms with Crippen LogP contribution in [0.2, 0.25) is 0 Å². The third-order valence-corrected chi connectivity index (χ3v) is 4.57. The maximum Gasteiger partial charge on any atom is 0.161 e. The van der Waals surface area contributed by atoms with E-state index in [9.17, 15) is 5.11 Å². The molecule has 23 heavy (non-hydrogen) atoms. The molecular formula is C18H28NO4+. The largest absolute Gasteiger partial charge is 0.486 e. The number of hydrogen-bond donors (Lipinski definition) is 2. The van der Waals surface area contributed by atoms with Crippen molar-refractivity contribution in [1.82, 2.24) is 0 Å². The predicted octanol–water partition coefficient (Wildman–Crippen LogP) is 0.519. The van der Waals surface area contributed by atoms with Crippen LogP contribution in [-0.4, -0.2) is 56.8 Å². The molecule has 128 valence electrons. The second kappa shape index (κ2) is 7.99. The molecule has 1 unspecified atom stereocenters. The number of nitrogens with one attached hydrogen (secondary N) is 1. The number of fused-ring (bicyclic) bond motifs is 1. The van der Waals surface area contributed by atoms with Crippen LogP contribution in [0.1, 0.15) is 19.8 Å². The number of rotatable bonds is 6. The van der Waals surface area contributed by atoms with E-state index in [4.69, 9.17) is 14.2 Å². The van der Waals surface area contributed by atoms with E-state index in [2.05, 4.69) is 6.92 Å². The highest BCUT2D eigenvalue weighted by Crippen LogP contribution is 2.30. The summed E-state index contributed by atoms with van der Waals surface area (Å²) in [5, 5.41) is 10.2. The van der Waals surface area contributed by atoms with Crippen LogP contribution in [0.3, 0.4) is 0 Å². The van der Waals surface area contributed by atoms with Gasteiger partial charge in [-0.2, -0.15) is 0 Å². The molecule has 0 radical (unpaired) electrons. The topological polar surface area (TPSA) is 52.4 Å². The first-order valence-electron chi connectivity index (χ1n) is 8.68. The van der Waals surface area contributed by atoms with Gasteiger partial charge in [0.25, 0.3) is 0 Å². The smallest absolute Gasteiger partial charge is 0.161 e. The minimum absolute atomic E-state index is 0.112. The highest BCUT2D eigenvalue weighted by Gasteiger charge is 2.24. The molecule has 1 aromatic carbocycles. The zero-order valence-corrected chi connectivity index (χ0v) is 13.9. The molecule has 0 bridgehead atoms. The molecule has 1 fully saturated rings. The predicted molar refractivity (Wildman–Crippen MR) is 87.1 cm³/mol. The molecule has 0 amide bonds. The van der Waals surface area contributed by atoms with Gasteiger partial charge in [0.1, 0.15) is 19.3 Å². The van der Waals surface area contributed by atoms with Crippen molar-refractivity contribution in [2.24, 2.45) is 5.92 Å². The lowest BCUT2D eigenvalue weighted by Crippen LogP contribution is -3.14. The number of quaternary nitrogens is 1. The lowest BCUT2D eigenvalue weighted by molar-refractivity contribution is -0.911. The molecule has 0 aliphatic carbocycles. The van der Waals surface area contributed by atoms with Crippen molar-refractivity contribution in [1.29, 1.82) is 0 Å². The molecule has 2 aliphatic heterocycles. The van der Waals surface area contributed by atoms with Crippen molar-refractivity contribution in [3.63, 3.8) is 0 Å². The molecule has 2 N–H and O–H groups in total. The Labute approximate surface area is 138 Å². The molecule has 0 aromatic heterocycles. The van der Waals surface area contributed by atoms with E-state index in [-0.39, 0.29) is 6.10 Å². The van der Waals surface area contributed by atoms with Gasteiger partial charge in [0, 0.05) is 5.92 Å². The number of aliphatic hydroxyl groups excluding tert-OH is 1. The molecule has 5 heteroatoms. The first-order chi connectivity index (χ1) is 11.2. The van der Waals surface area contributed by atoms with E-state index in [0.29, 0.717) is 19.8 Å². The number of benzene rings is 1. The van der Waals surface area contributed by atoms with E-state index in [1.165, 1.54) is 17.7 Å². The molecule has 5 nitrogen and oxygen atoms in total. The molecule has 2 heterocycles. The fourth-order valence-corrected chi connectivity index (χ4v) is 3.46. The highest BCUT2D eigenvalue weighted by atomic mass is 16.6. The number of para-hydroxylation sites is 2. The van der Waals surface area contributed by atoms with Crippen molar-refractivity contribution in [2.45, 2.75) is 32.0 Å². The van der Waals surface area contributed by atoms with Gasteiger partial charge in [-0.1, -0.05) is 19.1 Å². The fourth-order valence-electron chi connectivity index (χ4n) is 3.46. The number of ether oxygens (including phenoxy) is 3. The lowest BCUT2D eigenvalue weighted by atomic mass is 10.0. The summed E-state index contributed by atoms with van der Waals surface area (Å²) in [7, 11) is 0. The molecule has 1 saturated heterocycles. The van der Waals surface area contributed by atoms with Crippen molar-refractivity contribution >= 4 is 0 Å². The average molecular weight is 322 g/mol. The monoisotopic (exact) mass is 322 g/mol. The van der Waals surface area contributed by atoms with Gasteiger partial charge < -0.3 is 24.2 Å². The van der Waals surface area contributed by atoms with E-state index >= 15 is 0 Å². The Morgan fingerprint density at radius 3 is 3.00 bits per heavy atom. The minimum Gasteiger partial charge on any atom is -0.486 e. The standard InChI is InChI=1S/C18H27NO4/c1-14-5-4-8-19(9-14)10-15(20)11-21-12-16-13-22-17-6-2-3-7-18(17)23-16/h2-3,6-7,14-16,20H,4-5,8-13H2,1H3/p+1/t14-,15-,16+/m0/s1. The molecule has 0 spiro atoms. The lowest BCUT2D eigenvalue weighted by Gasteiger charge is -2.29. The van der Waals surface area contributed by atoms with Crippen LogP contribution in [0.5, 0.6) is 11.5 Å². The maximum absolute atomic E-state index is 10.2. The summed E-state index contributed by atoms with van der Waals surface area (Å²) >= 11 is 0. The van der Waals surface area contributed by atoms with Gasteiger partial charge in [0.2, 0.25) is 0 Å². The summed E-state index contributed by atoms with van der Waals surface area (Å²) in [6.07, 6.45) is 2.06. The third-order valence-electron chi connectivity index (χ3n) is 4.57. The van der Waals surface area contributed by atoms with Gasteiger partial charge in [0.15, 0.2) is 17.6 Å². The second-order valence-electron chi connectivity index (χ2n) is 6.84. The summed E-state index contributed by atoms with van der Waals surface area (Å²) in [5.74, 6) is 2.31. The number of aliphatic hydroxyl groups is 1. The van der Waals surface area contributed by atoms with Crippen LogP contribution >= 0.6 is 0 Å².